The summed E-state index contributed by atoms with van der Waals surface area (Å²) in [4.78, 5) is 31.5. The first-order chi connectivity index (χ1) is 13.0. The molecule has 27 heavy (non-hydrogen) atoms. The molecule has 0 saturated carbocycles. The smallest absolute Gasteiger partial charge is 0.289 e. The first-order valence-corrected chi connectivity index (χ1v) is 9.42. The number of nitrogens with zero attached hydrogens (tertiary/aromatic N) is 5. The van der Waals surface area contributed by atoms with E-state index in [1.807, 2.05) is 30.0 Å². The Balaban J connectivity index is 1.39. The van der Waals surface area contributed by atoms with Crippen LogP contribution in [0, 0.1) is 6.92 Å². The normalized spacial score (nSPS) is 21.7. The predicted molar refractivity (Wildman–Crippen MR) is 99.5 cm³/mol. The van der Waals surface area contributed by atoms with E-state index in [1.165, 1.54) is 0 Å². The van der Waals surface area contributed by atoms with Gasteiger partial charge in [0.25, 0.3) is 5.91 Å². The molecule has 2 aromatic rings. The van der Waals surface area contributed by atoms with E-state index in [1.54, 1.807) is 23.2 Å². The Labute approximate surface area is 158 Å². The van der Waals surface area contributed by atoms with Gasteiger partial charge in [0, 0.05) is 51.5 Å². The summed E-state index contributed by atoms with van der Waals surface area (Å²) in [5.41, 5.74) is 1.71. The lowest BCUT2D eigenvalue weighted by molar-refractivity contribution is -0.126. The van der Waals surface area contributed by atoms with Crippen LogP contribution in [0.1, 0.15) is 29.0 Å². The molecule has 1 atom stereocenters. The topological polar surface area (TPSA) is 74.8 Å². The maximum atomic E-state index is 13.0. The molecule has 8 nitrogen and oxygen atoms in total. The van der Waals surface area contributed by atoms with Crippen molar-refractivity contribution in [2.75, 3.05) is 37.6 Å². The molecule has 4 rings (SSSR count). The molecule has 144 valence electrons. The van der Waals surface area contributed by atoms with Crippen molar-refractivity contribution >= 4 is 17.5 Å². The summed E-state index contributed by atoms with van der Waals surface area (Å²) < 4.78 is 7.05. The number of hydrogen-bond donors (Lipinski definition) is 0. The highest BCUT2D eigenvalue weighted by molar-refractivity contribution is 5.97. The van der Waals surface area contributed by atoms with Crippen LogP contribution in [-0.2, 0) is 11.8 Å². The molecule has 0 aliphatic carbocycles. The van der Waals surface area contributed by atoms with E-state index in [4.69, 9.17) is 4.42 Å². The van der Waals surface area contributed by atoms with E-state index in [0.717, 1.165) is 30.6 Å². The number of rotatable bonds is 3. The van der Waals surface area contributed by atoms with Crippen LogP contribution in [0.4, 0.5) is 5.69 Å². The van der Waals surface area contributed by atoms with Crippen molar-refractivity contribution in [1.82, 2.24) is 19.6 Å². The fraction of sp³-hybridized carbons (Fsp3) is 0.526. The van der Waals surface area contributed by atoms with Crippen LogP contribution in [0.3, 0.4) is 0 Å². The lowest BCUT2D eigenvalue weighted by atomic mass is 10.0. The number of anilines is 1. The summed E-state index contributed by atoms with van der Waals surface area (Å²) in [6.07, 6.45) is 6.99. The minimum Gasteiger partial charge on any atom is -0.459 e. The number of hydrogen-bond acceptors (Lipinski definition) is 5. The van der Waals surface area contributed by atoms with Crippen LogP contribution in [0.25, 0.3) is 0 Å². The monoisotopic (exact) mass is 371 g/mol. The van der Waals surface area contributed by atoms with Gasteiger partial charge >= 0.3 is 0 Å². The molecule has 2 saturated heterocycles. The number of amides is 2. The van der Waals surface area contributed by atoms with Gasteiger partial charge in [-0.05, 0) is 25.8 Å². The molecule has 2 aliphatic rings. The Morgan fingerprint density at radius 1 is 1.22 bits per heavy atom. The molecule has 0 aromatic carbocycles. The van der Waals surface area contributed by atoms with Crippen LogP contribution >= 0.6 is 0 Å². The summed E-state index contributed by atoms with van der Waals surface area (Å²) in [6, 6.07) is 1.68. The van der Waals surface area contributed by atoms with Crippen LogP contribution in [0.2, 0.25) is 0 Å². The van der Waals surface area contributed by atoms with E-state index in [2.05, 4.69) is 10.00 Å². The van der Waals surface area contributed by atoms with E-state index in [0.29, 0.717) is 31.9 Å². The fourth-order valence-electron chi connectivity index (χ4n) is 3.97. The highest BCUT2D eigenvalue weighted by Crippen LogP contribution is 2.24. The van der Waals surface area contributed by atoms with Crippen molar-refractivity contribution in [3.8, 4) is 0 Å². The molecule has 1 unspecified atom stereocenters. The molecule has 2 aromatic heterocycles. The molecular formula is C19H25N5O3. The van der Waals surface area contributed by atoms with E-state index < -0.39 is 0 Å². The van der Waals surface area contributed by atoms with Crippen molar-refractivity contribution in [3.63, 3.8) is 0 Å². The first kappa shape index (κ1) is 17.8. The fourth-order valence-corrected chi connectivity index (χ4v) is 3.97. The molecule has 0 N–H and O–H groups in total. The number of piperazine rings is 1. The third-order valence-corrected chi connectivity index (χ3v) is 5.51. The molecule has 2 aliphatic heterocycles. The second kappa shape index (κ2) is 7.19. The Kier molecular flexibility index (Phi) is 4.73. The Bertz CT molecular complexity index is 834. The van der Waals surface area contributed by atoms with Crippen molar-refractivity contribution in [3.05, 3.63) is 36.0 Å². The maximum absolute atomic E-state index is 13.0. The van der Waals surface area contributed by atoms with Gasteiger partial charge < -0.3 is 14.2 Å². The maximum Gasteiger partial charge on any atom is 0.289 e. The zero-order chi connectivity index (χ0) is 19.0. The second-order valence-electron chi connectivity index (χ2n) is 7.28. The van der Waals surface area contributed by atoms with Crippen molar-refractivity contribution in [2.24, 2.45) is 7.05 Å². The largest absolute Gasteiger partial charge is 0.459 e. The number of carbonyl (C=O) groups is 2. The van der Waals surface area contributed by atoms with Gasteiger partial charge in [-0.2, -0.15) is 5.10 Å². The van der Waals surface area contributed by atoms with Gasteiger partial charge in [-0.25, -0.2) is 0 Å². The first-order valence-electron chi connectivity index (χ1n) is 9.42. The number of aromatic nitrogens is 2. The minimum absolute atomic E-state index is 0.0656. The standard InChI is InChI=1S/C19H25N5O3/c1-14-5-11-27-17(14)19(26)23-9-7-22(8-10-23)16-4-3-6-24(18(16)25)15-12-20-21(2)13-15/h5,11-13,16H,3-4,6-10H2,1-2H3. The minimum atomic E-state index is -0.124. The van der Waals surface area contributed by atoms with Gasteiger partial charge in [0.15, 0.2) is 5.76 Å². The zero-order valence-corrected chi connectivity index (χ0v) is 15.8. The van der Waals surface area contributed by atoms with Gasteiger partial charge in [-0.1, -0.05) is 0 Å². The van der Waals surface area contributed by atoms with Gasteiger partial charge in [0.2, 0.25) is 5.91 Å². The predicted octanol–water partition coefficient (Wildman–Crippen LogP) is 1.27. The summed E-state index contributed by atoms with van der Waals surface area (Å²) in [5.74, 6) is 0.486. The quantitative estimate of drug-likeness (QED) is 0.812. The molecule has 0 spiro atoms. The number of carbonyl (C=O) groups excluding carboxylic acids is 2. The second-order valence-corrected chi connectivity index (χ2v) is 7.28. The lowest BCUT2D eigenvalue weighted by Crippen LogP contribution is -2.58. The molecule has 0 radical (unpaired) electrons. The van der Waals surface area contributed by atoms with Gasteiger partial charge in [0.1, 0.15) is 0 Å². The molecule has 8 heteroatoms. The van der Waals surface area contributed by atoms with Crippen molar-refractivity contribution in [1.29, 1.82) is 0 Å². The number of piperidine rings is 1. The average Bonchev–Trinajstić information content (AvgIpc) is 3.30. The lowest BCUT2D eigenvalue weighted by Gasteiger charge is -2.42. The average molecular weight is 371 g/mol. The van der Waals surface area contributed by atoms with Crippen LogP contribution in [0.15, 0.2) is 29.1 Å². The Morgan fingerprint density at radius 3 is 2.63 bits per heavy atom. The van der Waals surface area contributed by atoms with E-state index in [9.17, 15) is 9.59 Å². The van der Waals surface area contributed by atoms with E-state index in [-0.39, 0.29) is 17.9 Å². The highest BCUT2D eigenvalue weighted by atomic mass is 16.3. The summed E-state index contributed by atoms with van der Waals surface area (Å²) >= 11 is 0. The highest BCUT2D eigenvalue weighted by Gasteiger charge is 2.36. The van der Waals surface area contributed by atoms with Crippen molar-refractivity contribution < 1.29 is 14.0 Å². The summed E-state index contributed by atoms with van der Waals surface area (Å²) in [7, 11) is 1.85. The Hall–Kier alpha value is -2.61. The third-order valence-electron chi connectivity index (χ3n) is 5.51. The Morgan fingerprint density at radius 2 is 2.00 bits per heavy atom. The number of aryl methyl sites for hydroxylation is 2. The SMILES string of the molecule is Cc1ccoc1C(=O)N1CCN(C2CCCN(c3cnn(C)c3)C2=O)CC1. The summed E-state index contributed by atoms with van der Waals surface area (Å²) in [5, 5.41) is 4.18. The van der Waals surface area contributed by atoms with Crippen molar-refractivity contribution in [2.45, 2.75) is 25.8 Å². The zero-order valence-electron chi connectivity index (χ0n) is 15.8. The van der Waals surface area contributed by atoms with Crippen LogP contribution in [-0.4, -0.2) is 70.2 Å². The van der Waals surface area contributed by atoms with Crippen LogP contribution in [0.5, 0.6) is 0 Å². The van der Waals surface area contributed by atoms with E-state index >= 15 is 0 Å². The number of furan rings is 1. The van der Waals surface area contributed by atoms with Gasteiger partial charge in [0.05, 0.1) is 24.2 Å². The molecule has 0 bridgehead atoms. The van der Waals surface area contributed by atoms with Crippen LogP contribution < -0.4 is 4.90 Å². The van der Waals surface area contributed by atoms with Gasteiger partial charge in [-0.3, -0.25) is 19.2 Å². The molecule has 4 heterocycles. The molecule has 2 fully saturated rings. The third kappa shape index (κ3) is 3.37. The molecular weight excluding hydrogens is 346 g/mol. The summed E-state index contributed by atoms with van der Waals surface area (Å²) in [6.45, 7) is 5.22. The molecule has 2 amide bonds. The van der Waals surface area contributed by atoms with Gasteiger partial charge in [-0.15, -0.1) is 0 Å².